The van der Waals surface area contributed by atoms with Crippen LogP contribution >= 0.6 is 38.9 Å². The fourth-order valence-electron chi connectivity index (χ4n) is 1.08. The van der Waals surface area contributed by atoms with Crippen LogP contribution in [0, 0.1) is 0 Å². The van der Waals surface area contributed by atoms with Crippen LogP contribution in [0.2, 0.25) is 5.02 Å². The van der Waals surface area contributed by atoms with Crippen molar-refractivity contribution in [3.63, 3.8) is 0 Å². The zero-order chi connectivity index (χ0) is 11.3. The Morgan fingerprint density at radius 2 is 2.47 bits per heavy atom. The molecule has 2 nitrogen and oxygen atoms in total. The molecule has 0 saturated heterocycles. The van der Waals surface area contributed by atoms with E-state index in [0.29, 0.717) is 21.3 Å². The number of alkyl halides is 1. The van der Waals surface area contributed by atoms with Gasteiger partial charge in [-0.1, -0.05) is 34.5 Å². The van der Waals surface area contributed by atoms with Gasteiger partial charge in [0.15, 0.2) is 0 Å². The Morgan fingerprint density at radius 1 is 1.73 bits per heavy atom. The molecule has 1 heterocycles. The van der Waals surface area contributed by atoms with E-state index in [9.17, 15) is 4.79 Å². The molecule has 1 N–H and O–H groups in total. The summed E-state index contributed by atoms with van der Waals surface area (Å²) in [5.74, 6) is -0.0780. The number of amides is 1. The third-order valence-electron chi connectivity index (χ3n) is 2.01. The number of thiophene rings is 1. The van der Waals surface area contributed by atoms with Crippen LogP contribution in [0.3, 0.4) is 0 Å². The molecular formula is C10H13BrClNOS. The Hall–Kier alpha value is -0.0600. The van der Waals surface area contributed by atoms with Gasteiger partial charge in [-0.3, -0.25) is 4.79 Å². The molecule has 0 radical (unpaired) electrons. The fraction of sp³-hybridized carbons (Fsp3) is 0.500. The predicted octanol–water partition coefficient (Wildman–Crippen LogP) is 3.69. The average Bonchev–Trinajstić information content (AvgIpc) is 2.64. The number of hydrogen-bond donors (Lipinski definition) is 1. The zero-order valence-electron chi connectivity index (χ0n) is 8.43. The van der Waals surface area contributed by atoms with Crippen LogP contribution in [0.4, 0.5) is 0 Å². The molecule has 1 atom stereocenters. The summed E-state index contributed by atoms with van der Waals surface area (Å²) in [6.07, 6.45) is 2.00. The van der Waals surface area contributed by atoms with Crippen molar-refractivity contribution in [2.75, 3.05) is 6.54 Å². The molecule has 1 aromatic rings. The van der Waals surface area contributed by atoms with E-state index >= 15 is 0 Å². The Labute approximate surface area is 107 Å². The average molecular weight is 311 g/mol. The first-order chi connectivity index (χ1) is 7.15. The molecule has 84 valence electrons. The summed E-state index contributed by atoms with van der Waals surface area (Å²) in [7, 11) is 0. The molecule has 0 aliphatic heterocycles. The molecule has 1 unspecified atom stereocenters. The van der Waals surface area contributed by atoms with Crippen LogP contribution in [-0.4, -0.2) is 17.3 Å². The second-order valence-corrected chi connectivity index (χ2v) is 5.77. The minimum Gasteiger partial charge on any atom is -0.351 e. The van der Waals surface area contributed by atoms with Crippen molar-refractivity contribution in [1.82, 2.24) is 5.32 Å². The first kappa shape index (κ1) is 13.0. The van der Waals surface area contributed by atoms with Crippen molar-refractivity contribution in [3.05, 3.63) is 21.3 Å². The second kappa shape index (κ2) is 6.51. The maximum atomic E-state index is 11.6. The summed E-state index contributed by atoms with van der Waals surface area (Å²) in [4.78, 5) is 12.7. The fourth-order valence-corrected chi connectivity index (χ4v) is 2.37. The van der Waals surface area contributed by atoms with Crippen LogP contribution in [-0.2, 0) is 0 Å². The van der Waals surface area contributed by atoms with Crippen molar-refractivity contribution >= 4 is 44.8 Å². The van der Waals surface area contributed by atoms with E-state index in [-0.39, 0.29) is 5.91 Å². The van der Waals surface area contributed by atoms with E-state index in [1.807, 2.05) is 5.38 Å². The maximum Gasteiger partial charge on any atom is 0.262 e. The summed E-state index contributed by atoms with van der Waals surface area (Å²) >= 11 is 10.7. The number of rotatable bonds is 5. The van der Waals surface area contributed by atoms with Gasteiger partial charge in [0.1, 0.15) is 4.88 Å². The van der Waals surface area contributed by atoms with Crippen molar-refractivity contribution in [2.45, 2.75) is 24.6 Å². The number of carbonyl (C=O) groups excluding carboxylic acids is 1. The van der Waals surface area contributed by atoms with Gasteiger partial charge in [0.2, 0.25) is 0 Å². The van der Waals surface area contributed by atoms with Crippen molar-refractivity contribution in [1.29, 1.82) is 0 Å². The second-order valence-electron chi connectivity index (χ2n) is 3.15. The lowest BCUT2D eigenvalue weighted by Gasteiger charge is -2.07. The van der Waals surface area contributed by atoms with Crippen LogP contribution in [0.15, 0.2) is 11.4 Å². The Kier molecular flexibility index (Phi) is 5.64. The zero-order valence-corrected chi connectivity index (χ0v) is 11.6. The van der Waals surface area contributed by atoms with Crippen LogP contribution in [0.5, 0.6) is 0 Å². The van der Waals surface area contributed by atoms with Gasteiger partial charge in [-0.05, 0) is 24.3 Å². The molecule has 0 fully saturated rings. The summed E-state index contributed by atoms with van der Waals surface area (Å²) in [6, 6.07) is 1.74. The molecule has 0 aliphatic rings. The van der Waals surface area contributed by atoms with Gasteiger partial charge in [0.25, 0.3) is 5.91 Å². The van der Waals surface area contributed by atoms with E-state index in [4.69, 9.17) is 11.6 Å². The van der Waals surface area contributed by atoms with E-state index in [2.05, 4.69) is 28.2 Å². The number of carbonyl (C=O) groups is 1. The molecule has 1 amide bonds. The normalized spacial score (nSPS) is 12.5. The topological polar surface area (TPSA) is 29.1 Å². The Balaban J connectivity index is 2.34. The van der Waals surface area contributed by atoms with E-state index in [0.717, 1.165) is 12.8 Å². The molecule has 0 aliphatic carbocycles. The summed E-state index contributed by atoms with van der Waals surface area (Å²) in [5.41, 5.74) is 0. The van der Waals surface area contributed by atoms with Crippen molar-refractivity contribution < 1.29 is 4.79 Å². The third kappa shape index (κ3) is 4.13. The predicted molar refractivity (Wildman–Crippen MR) is 69.3 cm³/mol. The standard InChI is InChI=1S/C10H13BrClNOS/c1-2-7(11)3-5-13-10(14)9-8(12)4-6-15-9/h4,6-7H,2-3,5H2,1H3,(H,13,14). The van der Waals surface area contributed by atoms with Gasteiger partial charge in [-0.15, -0.1) is 11.3 Å². The highest BCUT2D eigenvalue weighted by Crippen LogP contribution is 2.21. The largest absolute Gasteiger partial charge is 0.351 e. The lowest BCUT2D eigenvalue weighted by molar-refractivity contribution is 0.0957. The van der Waals surface area contributed by atoms with Crippen molar-refractivity contribution in [2.24, 2.45) is 0 Å². The van der Waals surface area contributed by atoms with Gasteiger partial charge in [-0.2, -0.15) is 0 Å². The van der Waals surface area contributed by atoms with Gasteiger partial charge in [0.05, 0.1) is 5.02 Å². The molecule has 1 rings (SSSR count). The smallest absolute Gasteiger partial charge is 0.262 e. The minimum atomic E-state index is -0.0780. The van der Waals surface area contributed by atoms with Gasteiger partial charge < -0.3 is 5.32 Å². The van der Waals surface area contributed by atoms with Crippen LogP contribution < -0.4 is 5.32 Å². The Bertz CT molecular complexity index is 329. The Morgan fingerprint density at radius 3 is 3.00 bits per heavy atom. The third-order valence-corrected chi connectivity index (χ3v) is 4.46. The highest BCUT2D eigenvalue weighted by Gasteiger charge is 2.11. The minimum absolute atomic E-state index is 0.0780. The molecule has 0 saturated carbocycles. The number of nitrogens with one attached hydrogen (secondary N) is 1. The highest BCUT2D eigenvalue weighted by atomic mass is 79.9. The van der Waals surface area contributed by atoms with Crippen LogP contribution in [0.1, 0.15) is 29.4 Å². The summed E-state index contributed by atoms with van der Waals surface area (Å²) in [6.45, 7) is 2.79. The summed E-state index contributed by atoms with van der Waals surface area (Å²) < 4.78 is 0. The van der Waals surface area contributed by atoms with Crippen molar-refractivity contribution in [3.8, 4) is 0 Å². The molecule has 5 heteroatoms. The molecule has 0 aromatic carbocycles. The number of halogens is 2. The molecular weight excluding hydrogens is 298 g/mol. The number of hydrogen-bond acceptors (Lipinski definition) is 2. The van der Waals surface area contributed by atoms with Gasteiger partial charge in [0, 0.05) is 11.4 Å². The quantitative estimate of drug-likeness (QED) is 0.826. The lowest BCUT2D eigenvalue weighted by Crippen LogP contribution is -2.25. The lowest BCUT2D eigenvalue weighted by atomic mass is 10.2. The first-order valence-electron chi connectivity index (χ1n) is 4.80. The van der Waals surface area contributed by atoms with Gasteiger partial charge in [-0.25, -0.2) is 0 Å². The molecule has 0 bridgehead atoms. The SMILES string of the molecule is CCC(Br)CCNC(=O)c1sccc1Cl. The van der Waals surface area contributed by atoms with E-state index in [1.54, 1.807) is 6.07 Å². The maximum absolute atomic E-state index is 11.6. The first-order valence-corrected chi connectivity index (χ1v) is 6.97. The molecule has 1 aromatic heterocycles. The highest BCUT2D eigenvalue weighted by molar-refractivity contribution is 9.09. The van der Waals surface area contributed by atoms with Gasteiger partial charge >= 0.3 is 0 Å². The monoisotopic (exact) mass is 309 g/mol. The van der Waals surface area contributed by atoms with Crippen LogP contribution in [0.25, 0.3) is 0 Å². The molecule has 0 spiro atoms. The van der Waals surface area contributed by atoms with E-state index < -0.39 is 0 Å². The molecule has 15 heavy (non-hydrogen) atoms. The van der Waals surface area contributed by atoms with E-state index in [1.165, 1.54) is 11.3 Å². The summed E-state index contributed by atoms with van der Waals surface area (Å²) in [5, 5.41) is 5.20.